The number of amides is 1. The van der Waals surface area contributed by atoms with Crippen LogP contribution in [0.15, 0.2) is 59.0 Å². The van der Waals surface area contributed by atoms with Gasteiger partial charge in [-0.3, -0.25) is 4.79 Å². The molecule has 0 bridgehead atoms. The molecule has 1 unspecified atom stereocenters. The molecule has 0 radical (unpaired) electrons. The van der Waals surface area contributed by atoms with Gasteiger partial charge in [-0.05, 0) is 45.6 Å². The number of hydrogen-bond acceptors (Lipinski definition) is 4. The second-order valence-corrected chi connectivity index (χ2v) is 7.26. The number of rotatable bonds is 7. The van der Waals surface area contributed by atoms with E-state index >= 15 is 0 Å². The number of hydrogen-bond donors (Lipinski definition) is 1. The van der Waals surface area contributed by atoms with E-state index in [9.17, 15) is 4.79 Å². The summed E-state index contributed by atoms with van der Waals surface area (Å²) in [6, 6.07) is 18.3. The van der Waals surface area contributed by atoms with Crippen molar-refractivity contribution in [1.29, 1.82) is 0 Å². The summed E-state index contributed by atoms with van der Waals surface area (Å²) in [5.41, 5.74) is 3.94. The Hall–Kier alpha value is -2.92. The van der Waals surface area contributed by atoms with Crippen LogP contribution in [0.3, 0.4) is 0 Å². The van der Waals surface area contributed by atoms with E-state index in [-0.39, 0.29) is 18.4 Å². The second kappa shape index (κ2) is 8.85. The number of nitrogens with zero attached hydrogens (tertiary/aromatic N) is 2. The first-order valence-electron chi connectivity index (χ1n) is 9.45. The number of oxazole rings is 1. The van der Waals surface area contributed by atoms with E-state index < -0.39 is 0 Å². The van der Waals surface area contributed by atoms with Gasteiger partial charge in [-0.1, -0.05) is 48.0 Å². The van der Waals surface area contributed by atoms with E-state index in [0.717, 1.165) is 5.56 Å². The predicted molar refractivity (Wildman–Crippen MR) is 111 cm³/mol. The van der Waals surface area contributed by atoms with E-state index in [1.54, 1.807) is 0 Å². The average molecular weight is 377 g/mol. The van der Waals surface area contributed by atoms with Crippen LogP contribution in [0, 0.1) is 13.8 Å². The van der Waals surface area contributed by atoms with E-state index in [1.807, 2.05) is 70.4 Å². The fourth-order valence-electron chi connectivity index (χ4n) is 3.11. The van der Waals surface area contributed by atoms with Crippen molar-refractivity contribution >= 4 is 5.91 Å². The Balaban J connectivity index is 1.64. The van der Waals surface area contributed by atoms with Gasteiger partial charge in [0.25, 0.3) is 0 Å². The number of aryl methyl sites for hydroxylation is 2. The van der Waals surface area contributed by atoms with Crippen molar-refractivity contribution in [2.24, 2.45) is 0 Å². The monoisotopic (exact) mass is 377 g/mol. The second-order valence-electron chi connectivity index (χ2n) is 7.26. The van der Waals surface area contributed by atoms with Crippen molar-refractivity contribution in [1.82, 2.24) is 15.2 Å². The Morgan fingerprint density at radius 3 is 2.39 bits per heavy atom. The molecule has 146 valence electrons. The molecular weight excluding hydrogens is 350 g/mol. The predicted octanol–water partition coefficient (Wildman–Crippen LogP) is 3.92. The topological polar surface area (TPSA) is 58.4 Å². The third-order valence-electron chi connectivity index (χ3n) is 4.82. The molecule has 3 aromatic rings. The van der Waals surface area contributed by atoms with Crippen LogP contribution in [0.4, 0.5) is 0 Å². The molecule has 2 aromatic carbocycles. The Morgan fingerprint density at radius 2 is 1.75 bits per heavy atom. The maximum absolute atomic E-state index is 12.5. The highest BCUT2D eigenvalue weighted by Gasteiger charge is 2.18. The van der Waals surface area contributed by atoms with Gasteiger partial charge in [-0.25, -0.2) is 4.98 Å². The van der Waals surface area contributed by atoms with Crippen molar-refractivity contribution in [3.63, 3.8) is 0 Å². The first kappa shape index (κ1) is 19.8. The summed E-state index contributed by atoms with van der Waals surface area (Å²) in [5.74, 6) is 1.17. The van der Waals surface area contributed by atoms with Crippen LogP contribution in [-0.4, -0.2) is 36.4 Å². The minimum atomic E-state index is -0.0605. The van der Waals surface area contributed by atoms with Crippen LogP contribution in [-0.2, 0) is 11.2 Å². The molecule has 0 aliphatic carbocycles. The molecule has 0 saturated heterocycles. The summed E-state index contributed by atoms with van der Waals surface area (Å²) in [4.78, 5) is 19.1. The van der Waals surface area contributed by atoms with E-state index in [2.05, 4.69) is 27.3 Å². The lowest BCUT2D eigenvalue weighted by Crippen LogP contribution is -2.35. The smallest absolute Gasteiger partial charge is 0.226 e. The molecule has 1 aromatic heterocycles. The third-order valence-corrected chi connectivity index (χ3v) is 4.82. The van der Waals surface area contributed by atoms with Crippen molar-refractivity contribution in [3.05, 3.63) is 77.2 Å². The maximum atomic E-state index is 12.5. The van der Waals surface area contributed by atoms with Gasteiger partial charge in [0.1, 0.15) is 5.76 Å². The van der Waals surface area contributed by atoms with Crippen molar-refractivity contribution < 1.29 is 9.21 Å². The zero-order valence-corrected chi connectivity index (χ0v) is 16.9. The first-order chi connectivity index (χ1) is 13.4. The highest BCUT2D eigenvalue weighted by Crippen LogP contribution is 2.22. The Labute approximate surface area is 166 Å². The summed E-state index contributed by atoms with van der Waals surface area (Å²) in [6.07, 6.45) is 0.204. The van der Waals surface area contributed by atoms with E-state index in [0.29, 0.717) is 23.9 Å². The Morgan fingerprint density at radius 1 is 1.07 bits per heavy atom. The molecule has 1 heterocycles. The van der Waals surface area contributed by atoms with Crippen LogP contribution in [0.25, 0.3) is 11.5 Å². The van der Waals surface area contributed by atoms with Gasteiger partial charge in [-0.15, -0.1) is 0 Å². The van der Waals surface area contributed by atoms with Crippen LogP contribution >= 0.6 is 0 Å². The normalized spacial score (nSPS) is 12.2. The molecular formula is C23H27N3O2. The number of benzene rings is 2. The molecule has 1 N–H and O–H groups in total. The van der Waals surface area contributed by atoms with E-state index in [1.165, 1.54) is 11.1 Å². The zero-order valence-electron chi connectivity index (χ0n) is 16.9. The fourth-order valence-corrected chi connectivity index (χ4v) is 3.11. The lowest BCUT2D eigenvalue weighted by Gasteiger charge is -2.25. The van der Waals surface area contributed by atoms with Gasteiger partial charge < -0.3 is 14.6 Å². The maximum Gasteiger partial charge on any atom is 0.226 e. The fraction of sp³-hybridized carbons (Fsp3) is 0.304. The number of aromatic nitrogens is 1. The Kier molecular flexibility index (Phi) is 6.26. The standard InChI is InChI=1S/C23H27N3O2/c1-16-10-12-19(13-11-16)23-25-20(17(2)28-23)14-22(27)24-15-21(26(3)4)18-8-6-5-7-9-18/h5-13,21H,14-15H2,1-4H3,(H,24,27). The summed E-state index contributed by atoms with van der Waals surface area (Å²) in [5, 5.41) is 3.03. The van der Waals surface area contributed by atoms with Gasteiger partial charge in [-0.2, -0.15) is 0 Å². The van der Waals surface area contributed by atoms with Gasteiger partial charge in [0, 0.05) is 12.1 Å². The summed E-state index contributed by atoms with van der Waals surface area (Å²) in [7, 11) is 4.03. The molecule has 0 spiro atoms. The van der Waals surface area contributed by atoms with Crippen LogP contribution in [0.2, 0.25) is 0 Å². The van der Waals surface area contributed by atoms with Crippen molar-refractivity contribution in [2.45, 2.75) is 26.3 Å². The minimum Gasteiger partial charge on any atom is -0.441 e. The van der Waals surface area contributed by atoms with Gasteiger partial charge in [0.05, 0.1) is 18.2 Å². The average Bonchev–Trinajstić information content (AvgIpc) is 3.03. The van der Waals surface area contributed by atoms with E-state index in [4.69, 9.17) is 4.42 Å². The minimum absolute atomic E-state index is 0.0605. The SMILES string of the molecule is Cc1ccc(-c2nc(CC(=O)NCC(c3ccccc3)N(C)C)c(C)o2)cc1. The third kappa shape index (κ3) is 4.87. The van der Waals surface area contributed by atoms with Crippen molar-refractivity contribution in [3.8, 4) is 11.5 Å². The highest BCUT2D eigenvalue weighted by atomic mass is 16.4. The van der Waals surface area contributed by atoms with Gasteiger partial charge in [0.15, 0.2) is 0 Å². The largest absolute Gasteiger partial charge is 0.441 e. The molecule has 28 heavy (non-hydrogen) atoms. The molecule has 5 heteroatoms. The number of nitrogens with one attached hydrogen (secondary N) is 1. The highest BCUT2D eigenvalue weighted by molar-refractivity contribution is 5.78. The zero-order chi connectivity index (χ0) is 20.1. The number of likely N-dealkylation sites (N-methyl/N-ethyl adjacent to an activating group) is 1. The van der Waals surface area contributed by atoms with Gasteiger partial charge in [0.2, 0.25) is 11.8 Å². The molecule has 5 nitrogen and oxygen atoms in total. The summed E-state index contributed by atoms with van der Waals surface area (Å²) < 4.78 is 5.78. The molecule has 0 saturated carbocycles. The van der Waals surface area contributed by atoms with Crippen molar-refractivity contribution in [2.75, 3.05) is 20.6 Å². The molecule has 3 rings (SSSR count). The quantitative estimate of drug-likeness (QED) is 0.678. The number of carbonyl (C=O) groups is 1. The number of carbonyl (C=O) groups excluding carboxylic acids is 1. The first-order valence-corrected chi connectivity index (χ1v) is 9.45. The molecule has 0 aliphatic rings. The summed E-state index contributed by atoms with van der Waals surface area (Å²) in [6.45, 7) is 4.42. The lowest BCUT2D eigenvalue weighted by atomic mass is 10.1. The molecule has 1 amide bonds. The lowest BCUT2D eigenvalue weighted by molar-refractivity contribution is -0.120. The molecule has 0 fully saturated rings. The Bertz CT molecular complexity index is 915. The van der Waals surface area contributed by atoms with Crippen LogP contribution < -0.4 is 5.32 Å². The van der Waals surface area contributed by atoms with Gasteiger partial charge >= 0.3 is 0 Å². The summed E-state index contributed by atoms with van der Waals surface area (Å²) >= 11 is 0. The molecule has 0 aliphatic heterocycles. The molecule has 1 atom stereocenters. The van der Waals surface area contributed by atoms with Crippen LogP contribution in [0.1, 0.15) is 28.6 Å². The van der Waals surface area contributed by atoms with Crippen LogP contribution in [0.5, 0.6) is 0 Å².